The molecular formula is C14H10F2N4OS. The highest BCUT2D eigenvalue weighted by Crippen LogP contribution is 2.17. The van der Waals surface area contributed by atoms with E-state index in [1.165, 1.54) is 6.07 Å². The van der Waals surface area contributed by atoms with Gasteiger partial charge in [0.25, 0.3) is 0 Å². The normalized spacial score (nSPS) is 10.6. The maximum absolute atomic E-state index is 13.5. The zero-order chi connectivity index (χ0) is 15.7. The third kappa shape index (κ3) is 2.96. The maximum Gasteiger partial charge on any atom is 0.323 e. The van der Waals surface area contributed by atoms with Crippen LogP contribution < -0.4 is 16.3 Å². The van der Waals surface area contributed by atoms with Gasteiger partial charge in [-0.2, -0.15) is 0 Å². The number of fused-ring (bicyclic) bond motifs is 1. The van der Waals surface area contributed by atoms with Crippen molar-refractivity contribution in [3.8, 4) is 0 Å². The van der Waals surface area contributed by atoms with Gasteiger partial charge in [-0.15, -0.1) is 0 Å². The second kappa shape index (κ2) is 5.57. The average Bonchev–Trinajstić information content (AvgIpc) is 2.81. The number of hydrogen-bond acceptors (Lipinski definition) is 2. The van der Waals surface area contributed by atoms with Crippen LogP contribution in [0.5, 0.6) is 0 Å². The van der Waals surface area contributed by atoms with Crippen molar-refractivity contribution in [2.24, 2.45) is 0 Å². The number of imidazole rings is 1. The summed E-state index contributed by atoms with van der Waals surface area (Å²) in [6, 6.07) is 8.25. The van der Waals surface area contributed by atoms with E-state index in [9.17, 15) is 13.6 Å². The van der Waals surface area contributed by atoms with Crippen LogP contribution in [0.25, 0.3) is 11.0 Å². The van der Waals surface area contributed by atoms with Gasteiger partial charge < -0.3 is 20.6 Å². The molecule has 0 aliphatic carbocycles. The Morgan fingerprint density at radius 1 is 1.00 bits per heavy atom. The average molecular weight is 320 g/mol. The Kier molecular flexibility index (Phi) is 3.60. The molecule has 1 aromatic heterocycles. The van der Waals surface area contributed by atoms with E-state index in [4.69, 9.17) is 12.2 Å². The van der Waals surface area contributed by atoms with Crippen LogP contribution in [0.15, 0.2) is 41.2 Å². The molecule has 3 rings (SSSR count). The summed E-state index contributed by atoms with van der Waals surface area (Å²) >= 11 is 5.08. The molecule has 1 heterocycles. The second-order valence-corrected chi connectivity index (χ2v) is 4.95. The molecule has 5 nitrogen and oxygen atoms in total. The zero-order valence-corrected chi connectivity index (χ0v) is 11.9. The summed E-state index contributed by atoms with van der Waals surface area (Å²) in [4.78, 5) is 16.4. The lowest BCUT2D eigenvalue weighted by Crippen LogP contribution is -2.19. The summed E-state index contributed by atoms with van der Waals surface area (Å²) < 4.78 is 26.4. The van der Waals surface area contributed by atoms with Gasteiger partial charge in [-0.1, -0.05) is 0 Å². The highest BCUT2D eigenvalue weighted by atomic mass is 32.1. The van der Waals surface area contributed by atoms with E-state index in [1.807, 2.05) is 0 Å². The van der Waals surface area contributed by atoms with Crippen LogP contribution in [0.3, 0.4) is 0 Å². The van der Waals surface area contributed by atoms with Gasteiger partial charge in [0, 0.05) is 11.8 Å². The molecule has 0 unspecified atom stereocenters. The van der Waals surface area contributed by atoms with Gasteiger partial charge >= 0.3 is 5.69 Å². The fourth-order valence-corrected chi connectivity index (χ4v) is 2.21. The lowest BCUT2D eigenvalue weighted by molar-refractivity contribution is 0.586. The standard InChI is InChI=1S/C14H10F2N4OS/c15-7-1-3-10(9(16)5-7)20-14(22)17-8-2-4-11-12(6-8)19-13(21)18-11/h1-6H,(H2,17,20,22)(H2,18,19,21). The van der Waals surface area contributed by atoms with Crippen LogP contribution in [0, 0.1) is 11.6 Å². The van der Waals surface area contributed by atoms with E-state index in [0.29, 0.717) is 16.7 Å². The molecule has 22 heavy (non-hydrogen) atoms. The van der Waals surface area contributed by atoms with E-state index in [2.05, 4.69) is 20.6 Å². The molecule has 0 saturated carbocycles. The molecule has 0 spiro atoms. The van der Waals surface area contributed by atoms with Crippen molar-refractivity contribution in [2.75, 3.05) is 10.6 Å². The topological polar surface area (TPSA) is 72.7 Å². The summed E-state index contributed by atoms with van der Waals surface area (Å²) in [6.07, 6.45) is 0. The highest BCUT2D eigenvalue weighted by Gasteiger charge is 2.06. The molecule has 4 N–H and O–H groups in total. The summed E-state index contributed by atoms with van der Waals surface area (Å²) in [5, 5.41) is 5.64. The predicted molar refractivity (Wildman–Crippen MR) is 85.1 cm³/mol. The molecule has 0 radical (unpaired) electrons. The van der Waals surface area contributed by atoms with Gasteiger partial charge in [0.15, 0.2) is 5.11 Å². The monoisotopic (exact) mass is 320 g/mol. The van der Waals surface area contributed by atoms with Gasteiger partial charge in [-0.05, 0) is 42.5 Å². The fraction of sp³-hybridized carbons (Fsp3) is 0. The molecule has 0 aliphatic rings. The number of anilines is 2. The SMILES string of the molecule is O=c1[nH]c2ccc(NC(=S)Nc3ccc(F)cc3F)cc2[nH]1. The van der Waals surface area contributed by atoms with Crippen LogP contribution in [-0.2, 0) is 0 Å². The van der Waals surface area contributed by atoms with Gasteiger partial charge in [0.1, 0.15) is 11.6 Å². The van der Waals surface area contributed by atoms with Gasteiger partial charge in [-0.3, -0.25) is 0 Å². The van der Waals surface area contributed by atoms with Crippen LogP contribution in [0.1, 0.15) is 0 Å². The van der Waals surface area contributed by atoms with Gasteiger partial charge in [0.05, 0.1) is 16.7 Å². The number of aromatic nitrogens is 2. The predicted octanol–water partition coefficient (Wildman–Crippen LogP) is 2.94. The van der Waals surface area contributed by atoms with Crippen LogP contribution in [0.4, 0.5) is 20.2 Å². The van der Waals surface area contributed by atoms with E-state index >= 15 is 0 Å². The summed E-state index contributed by atoms with van der Waals surface area (Å²) in [5.41, 5.74) is 1.66. The molecule has 0 fully saturated rings. The summed E-state index contributed by atoms with van der Waals surface area (Å²) in [5.74, 6) is -1.40. The van der Waals surface area contributed by atoms with Crippen molar-refractivity contribution < 1.29 is 8.78 Å². The molecule has 112 valence electrons. The zero-order valence-electron chi connectivity index (χ0n) is 11.0. The van der Waals surface area contributed by atoms with Crippen molar-refractivity contribution in [3.05, 3.63) is 58.5 Å². The number of nitrogens with one attached hydrogen (secondary N) is 4. The summed E-state index contributed by atoms with van der Waals surface area (Å²) in [7, 11) is 0. The van der Waals surface area contributed by atoms with Crippen LogP contribution in [-0.4, -0.2) is 15.1 Å². The molecule has 0 saturated heterocycles. The van der Waals surface area contributed by atoms with E-state index in [1.54, 1.807) is 18.2 Å². The summed E-state index contributed by atoms with van der Waals surface area (Å²) in [6.45, 7) is 0. The molecule has 0 atom stereocenters. The Bertz CT molecular complexity index is 919. The van der Waals surface area contributed by atoms with E-state index in [0.717, 1.165) is 12.1 Å². The lowest BCUT2D eigenvalue weighted by Gasteiger charge is -2.11. The third-order valence-corrected chi connectivity index (χ3v) is 3.16. The molecule has 2 aromatic carbocycles. The van der Waals surface area contributed by atoms with Crippen molar-refractivity contribution in [2.45, 2.75) is 0 Å². The molecule has 8 heteroatoms. The van der Waals surface area contributed by atoms with Crippen molar-refractivity contribution in [1.29, 1.82) is 0 Å². The first-order valence-electron chi connectivity index (χ1n) is 6.26. The van der Waals surface area contributed by atoms with Crippen LogP contribution in [0.2, 0.25) is 0 Å². The number of H-pyrrole nitrogens is 2. The van der Waals surface area contributed by atoms with Crippen LogP contribution >= 0.6 is 12.2 Å². The smallest absolute Gasteiger partial charge is 0.323 e. The number of halogens is 2. The lowest BCUT2D eigenvalue weighted by atomic mass is 10.3. The first-order valence-corrected chi connectivity index (χ1v) is 6.67. The van der Waals surface area contributed by atoms with Gasteiger partial charge in [-0.25, -0.2) is 13.6 Å². The minimum Gasteiger partial charge on any atom is -0.332 e. The first-order chi connectivity index (χ1) is 10.5. The fourth-order valence-electron chi connectivity index (χ4n) is 1.99. The van der Waals surface area contributed by atoms with Gasteiger partial charge in [0.2, 0.25) is 0 Å². The van der Waals surface area contributed by atoms with Crippen molar-refractivity contribution in [3.63, 3.8) is 0 Å². The molecule has 0 amide bonds. The molecule has 0 aliphatic heterocycles. The number of hydrogen-bond donors (Lipinski definition) is 4. The number of benzene rings is 2. The second-order valence-electron chi connectivity index (χ2n) is 4.54. The maximum atomic E-state index is 13.5. The van der Waals surface area contributed by atoms with Crippen molar-refractivity contribution >= 4 is 39.7 Å². The number of aromatic amines is 2. The Morgan fingerprint density at radius 3 is 2.55 bits per heavy atom. The molecule has 3 aromatic rings. The van der Waals surface area contributed by atoms with Crippen molar-refractivity contribution in [1.82, 2.24) is 9.97 Å². The Labute approximate surface area is 128 Å². The first kappa shape index (κ1) is 14.2. The third-order valence-electron chi connectivity index (χ3n) is 2.95. The molecular weight excluding hydrogens is 310 g/mol. The van der Waals surface area contributed by atoms with E-state index < -0.39 is 11.6 Å². The Morgan fingerprint density at radius 2 is 1.77 bits per heavy atom. The minimum atomic E-state index is -0.741. The molecule has 0 bridgehead atoms. The van der Waals surface area contributed by atoms with E-state index in [-0.39, 0.29) is 16.5 Å². The Hall–Kier alpha value is -2.74. The number of thiocarbonyl (C=S) groups is 1. The minimum absolute atomic E-state index is 0.0648. The Balaban J connectivity index is 1.76. The highest BCUT2D eigenvalue weighted by molar-refractivity contribution is 7.80. The quantitative estimate of drug-likeness (QED) is 0.548. The number of rotatable bonds is 2. The largest absolute Gasteiger partial charge is 0.332 e.